The van der Waals surface area contributed by atoms with Gasteiger partial charge in [-0.25, -0.2) is 4.98 Å². The van der Waals surface area contributed by atoms with Gasteiger partial charge in [-0.15, -0.1) is 0 Å². The number of ether oxygens (including phenoxy) is 1. The van der Waals surface area contributed by atoms with Gasteiger partial charge in [-0.05, 0) is 68.3 Å². The maximum absolute atomic E-state index is 14.4. The minimum absolute atomic E-state index is 0.153. The van der Waals surface area contributed by atoms with Crippen LogP contribution in [0.4, 0.5) is 11.4 Å². The predicted molar refractivity (Wildman–Crippen MR) is 153 cm³/mol. The molecule has 0 saturated carbocycles. The number of nitrogens with zero attached hydrogens (tertiary/aromatic N) is 3. The van der Waals surface area contributed by atoms with Crippen LogP contribution < -0.4 is 15.0 Å². The number of nitrogens with one attached hydrogen (secondary N) is 1. The van der Waals surface area contributed by atoms with Crippen LogP contribution >= 0.6 is 23.2 Å². The number of hydrogen-bond donors (Lipinski definition) is 1. The molecule has 2 aliphatic rings. The summed E-state index contributed by atoms with van der Waals surface area (Å²) < 4.78 is 7.70. The highest BCUT2D eigenvalue weighted by Gasteiger charge is 2.64. The SMILES string of the molecule is CCc1ccc(OC)c(-c2nc3c(n2C(C)C)C2(C(=O)Nc4cc(Cl)ccc42)N(c2cccc(Cl)c2)C3=O)c1. The average molecular weight is 561 g/mol. The van der Waals surface area contributed by atoms with Crippen molar-refractivity contribution in [3.63, 3.8) is 0 Å². The Balaban J connectivity index is 1.73. The van der Waals surface area contributed by atoms with E-state index >= 15 is 0 Å². The lowest BCUT2D eigenvalue weighted by Gasteiger charge is -2.35. The number of benzene rings is 3. The van der Waals surface area contributed by atoms with E-state index in [9.17, 15) is 9.59 Å². The molecule has 3 aromatic carbocycles. The number of methoxy groups -OCH3 is 1. The number of aromatic nitrogens is 2. The summed E-state index contributed by atoms with van der Waals surface area (Å²) in [5.41, 5.74) is 2.69. The third kappa shape index (κ3) is 3.53. The van der Waals surface area contributed by atoms with Gasteiger partial charge in [-0.3, -0.25) is 14.5 Å². The summed E-state index contributed by atoms with van der Waals surface area (Å²) in [6.45, 7) is 6.10. The summed E-state index contributed by atoms with van der Waals surface area (Å²) in [6.07, 6.45) is 0.820. The van der Waals surface area contributed by atoms with E-state index in [1.54, 1.807) is 49.6 Å². The molecule has 2 aliphatic heterocycles. The Morgan fingerprint density at radius 1 is 1.03 bits per heavy atom. The van der Waals surface area contributed by atoms with Crippen molar-refractivity contribution < 1.29 is 14.3 Å². The maximum Gasteiger partial charge on any atom is 0.280 e. The zero-order valence-corrected chi connectivity index (χ0v) is 23.4. The largest absolute Gasteiger partial charge is 0.496 e. The fraction of sp³-hybridized carbons (Fsp3) is 0.233. The zero-order chi connectivity index (χ0) is 27.6. The minimum Gasteiger partial charge on any atom is -0.496 e. The fourth-order valence-corrected chi connectivity index (χ4v) is 6.14. The van der Waals surface area contributed by atoms with Gasteiger partial charge in [0.05, 0.1) is 18.4 Å². The van der Waals surface area contributed by atoms with Gasteiger partial charge in [0.25, 0.3) is 11.8 Å². The van der Waals surface area contributed by atoms with E-state index in [0.717, 1.165) is 17.5 Å². The average Bonchev–Trinajstić information content (AvgIpc) is 3.52. The molecule has 0 fully saturated rings. The molecule has 0 aliphatic carbocycles. The van der Waals surface area contributed by atoms with E-state index in [1.165, 1.54) is 4.90 Å². The van der Waals surface area contributed by atoms with Crippen LogP contribution in [-0.4, -0.2) is 28.5 Å². The Morgan fingerprint density at radius 2 is 1.79 bits per heavy atom. The van der Waals surface area contributed by atoms with Gasteiger partial charge in [-0.1, -0.05) is 48.3 Å². The van der Waals surface area contributed by atoms with Gasteiger partial charge >= 0.3 is 0 Å². The Labute approximate surface area is 236 Å². The molecule has 1 unspecified atom stereocenters. The molecule has 1 spiro atoms. The second kappa shape index (κ2) is 9.14. The first-order chi connectivity index (χ1) is 18.7. The second-order valence-electron chi connectivity index (χ2n) is 9.96. The second-order valence-corrected chi connectivity index (χ2v) is 10.8. The van der Waals surface area contributed by atoms with Crippen LogP contribution in [0.1, 0.15) is 54.1 Å². The topological polar surface area (TPSA) is 76.5 Å². The van der Waals surface area contributed by atoms with Crippen LogP contribution in [0.15, 0.2) is 60.7 Å². The first-order valence-corrected chi connectivity index (χ1v) is 13.5. The molecule has 39 heavy (non-hydrogen) atoms. The monoisotopic (exact) mass is 560 g/mol. The number of anilines is 2. The molecule has 1 N–H and O–H groups in total. The third-order valence-corrected chi connectivity index (χ3v) is 7.91. The van der Waals surface area contributed by atoms with Crippen molar-refractivity contribution in [2.75, 3.05) is 17.3 Å². The smallest absolute Gasteiger partial charge is 0.280 e. The summed E-state index contributed by atoms with van der Waals surface area (Å²) >= 11 is 12.7. The first kappa shape index (κ1) is 25.5. The highest BCUT2D eigenvalue weighted by Crippen LogP contribution is 2.54. The molecule has 9 heteroatoms. The number of rotatable bonds is 5. The highest BCUT2D eigenvalue weighted by molar-refractivity contribution is 6.32. The summed E-state index contributed by atoms with van der Waals surface area (Å²) in [4.78, 5) is 35.0. The summed E-state index contributed by atoms with van der Waals surface area (Å²) in [6, 6.07) is 18.0. The van der Waals surface area contributed by atoms with Gasteiger partial charge < -0.3 is 14.6 Å². The van der Waals surface area contributed by atoms with E-state index < -0.39 is 11.4 Å². The lowest BCUT2D eigenvalue weighted by molar-refractivity contribution is -0.119. The molecule has 1 atom stereocenters. The van der Waals surface area contributed by atoms with Gasteiger partial charge in [0.2, 0.25) is 0 Å². The number of fused-ring (bicyclic) bond motifs is 4. The fourth-order valence-electron chi connectivity index (χ4n) is 5.79. The molecule has 7 nitrogen and oxygen atoms in total. The van der Waals surface area contributed by atoms with Crippen molar-refractivity contribution >= 4 is 46.4 Å². The Morgan fingerprint density at radius 3 is 2.49 bits per heavy atom. The van der Waals surface area contributed by atoms with Gasteiger partial charge in [0, 0.05) is 33.0 Å². The van der Waals surface area contributed by atoms with Crippen molar-refractivity contribution in [1.82, 2.24) is 9.55 Å². The van der Waals surface area contributed by atoms with Crippen LogP contribution in [0, 0.1) is 0 Å². The zero-order valence-electron chi connectivity index (χ0n) is 21.9. The van der Waals surface area contributed by atoms with Crippen LogP contribution in [0.2, 0.25) is 10.0 Å². The molecule has 0 bridgehead atoms. The van der Waals surface area contributed by atoms with Crippen molar-refractivity contribution in [2.24, 2.45) is 0 Å². The Kier molecular flexibility index (Phi) is 5.97. The number of carbonyl (C=O) groups excluding carboxylic acids is 2. The van der Waals surface area contributed by atoms with Crippen molar-refractivity contribution in [3.05, 3.63) is 93.2 Å². The third-order valence-electron chi connectivity index (χ3n) is 7.44. The molecular formula is C30H26Cl2N4O3. The Hall–Kier alpha value is -3.81. The number of aryl methyl sites for hydroxylation is 1. The van der Waals surface area contributed by atoms with E-state index in [0.29, 0.717) is 44.3 Å². The van der Waals surface area contributed by atoms with Crippen LogP contribution in [0.3, 0.4) is 0 Å². The van der Waals surface area contributed by atoms with Crippen molar-refractivity contribution in [2.45, 2.75) is 38.8 Å². The number of halogens is 2. The summed E-state index contributed by atoms with van der Waals surface area (Å²) in [5, 5.41) is 3.91. The first-order valence-electron chi connectivity index (χ1n) is 12.7. The molecule has 6 rings (SSSR count). The molecule has 3 heterocycles. The van der Waals surface area contributed by atoms with Crippen LogP contribution in [0.5, 0.6) is 5.75 Å². The van der Waals surface area contributed by atoms with E-state index in [2.05, 4.69) is 12.2 Å². The normalized spacial score (nSPS) is 17.7. The lowest BCUT2D eigenvalue weighted by atomic mass is 9.87. The van der Waals surface area contributed by atoms with E-state index in [4.69, 9.17) is 32.9 Å². The van der Waals surface area contributed by atoms with E-state index in [1.807, 2.05) is 36.6 Å². The molecule has 2 amide bonds. The molecular weight excluding hydrogens is 535 g/mol. The van der Waals surface area contributed by atoms with Gasteiger partial charge in [0.1, 0.15) is 11.6 Å². The predicted octanol–water partition coefficient (Wildman–Crippen LogP) is 6.86. The van der Waals surface area contributed by atoms with Crippen molar-refractivity contribution in [1.29, 1.82) is 0 Å². The van der Waals surface area contributed by atoms with Crippen LogP contribution in [-0.2, 0) is 16.8 Å². The highest BCUT2D eigenvalue weighted by atomic mass is 35.5. The molecule has 1 aromatic heterocycles. The number of hydrogen-bond acceptors (Lipinski definition) is 4. The van der Waals surface area contributed by atoms with E-state index in [-0.39, 0.29) is 17.6 Å². The quantitative estimate of drug-likeness (QED) is 0.289. The molecule has 4 aromatic rings. The lowest BCUT2D eigenvalue weighted by Crippen LogP contribution is -2.51. The summed E-state index contributed by atoms with van der Waals surface area (Å²) in [5.74, 6) is 0.441. The summed E-state index contributed by atoms with van der Waals surface area (Å²) in [7, 11) is 1.61. The molecule has 0 saturated heterocycles. The number of imidazole rings is 1. The standard InChI is InChI=1S/C30H26Cl2N4O3/c1-5-17-9-12-24(39-4)21(13-17)27-34-25-26(35(27)16(2)3)30(22-11-10-19(32)15-23(22)33-29(30)38)36(28(25)37)20-8-6-7-18(31)14-20/h6-16H,5H2,1-4H3,(H,33,38). The van der Waals surface area contributed by atoms with Crippen LogP contribution in [0.25, 0.3) is 11.4 Å². The Bertz CT molecular complexity index is 1680. The van der Waals surface area contributed by atoms with Crippen molar-refractivity contribution in [3.8, 4) is 17.1 Å². The molecule has 0 radical (unpaired) electrons. The minimum atomic E-state index is -1.53. The van der Waals surface area contributed by atoms with Gasteiger partial charge in [0.15, 0.2) is 11.2 Å². The maximum atomic E-state index is 14.4. The number of carbonyl (C=O) groups is 2. The van der Waals surface area contributed by atoms with Gasteiger partial charge in [-0.2, -0.15) is 0 Å². The number of amides is 2. The molecule has 198 valence electrons.